The fraction of sp³-hybridized carbons (Fsp3) is 0.385. The molecule has 0 amide bonds. The number of aryl methyl sites for hydroxylation is 4. The van der Waals surface area contributed by atoms with E-state index in [9.17, 15) is 0 Å². The molecule has 1 heterocycles. The number of rotatable bonds is 1. The first-order valence-corrected chi connectivity index (χ1v) is 5.31. The summed E-state index contributed by atoms with van der Waals surface area (Å²) in [5.41, 5.74) is 12.3. The van der Waals surface area contributed by atoms with Gasteiger partial charge in [0.1, 0.15) is 0 Å². The zero-order valence-electron chi connectivity index (χ0n) is 9.89. The zero-order chi connectivity index (χ0) is 11.2. The van der Waals surface area contributed by atoms with Gasteiger partial charge in [0.2, 0.25) is 0 Å². The van der Waals surface area contributed by atoms with E-state index in [4.69, 9.17) is 5.73 Å². The van der Waals surface area contributed by atoms with Crippen LogP contribution in [-0.4, -0.2) is 4.57 Å². The van der Waals surface area contributed by atoms with Crippen molar-refractivity contribution in [2.45, 2.75) is 27.3 Å². The number of nitrogens with zero attached hydrogens (tertiary/aromatic N) is 1. The average molecular weight is 202 g/mol. The van der Waals surface area contributed by atoms with Gasteiger partial charge in [0.15, 0.2) is 0 Å². The summed E-state index contributed by atoms with van der Waals surface area (Å²) in [4.78, 5) is 0. The van der Waals surface area contributed by atoms with Gasteiger partial charge in [-0.25, -0.2) is 0 Å². The molecule has 15 heavy (non-hydrogen) atoms. The Labute approximate surface area is 90.7 Å². The molecule has 0 saturated heterocycles. The predicted octanol–water partition coefficient (Wildman–Crippen LogP) is 2.56. The summed E-state index contributed by atoms with van der Waals surface area (Å²) in [6.45, 7) is 7.07. The van der Waals surface area contributed by atoms with Crippen LogP contribution in [0.5, 0.6) is 0 Å². The molecule has 0 saturated carbocycles. The van der Waals surface area contributed by atoms with Gasteiger partial charge in [-0.2, -0.15) is 0 Å². The van der Waals surface area contributed by atoms with Gasteiger partial charge in [-0.05, 0) is 43.5 Å². The Morgan fingerprint density at radius 3 is 2.47 bits per heavy atom. The molecular formula is C13H18N2. The van der Waals surface area contributed by atoms with E-state index in [-0.39, 0.29) is 0 Å². The Morgan fingerprint density at radius 1 is 1.20 bits per heavy atom. The van der Waals surface area contributed by atoms with E-state index in [1.165, 1.54) is 33.3 Å². The van der Waals surface area contributed by atoms with Crippen molar-refractivity contribution in [3.05, 3.63) is 34.5 Å². The van der Waals surface area contributed by atoms with Gasteiger partial charge >= 0.3 is 0 Å². The second kappa shape index (κ2) is 3.38. The van der Waals surface area contributed by atoms with Crippen molar-refractivity contribution in [3.8, 4) is 0 Å². The van der Waals surface area contributed by atoms with Crippen molar-refractivity contribution in [2.24, 2.45) is 12.8 Å². The molecule has 2 nitrogen and oxygen atoms in total. The van der Waals surface area contributed by atoms with Crippen molar-refractivity contribution in [3.63, 3.8) is 0 Å². The third kappa shape index (κ3) is 1.37. The zero-order valence-corrected chi connectivity index (χ0v) is 9.89. The highest BCUT2D eigenvalue weighted by Crippen LogP contribution is 2.28. The average Bonchev–Trinajstić information content (AvgIpc) is 2.39. The minimum Gasteiger partial charge on any atom is -0.346 e. The number of hydrogen-bond acceptors (Lipinski definition) is 1. The fourth-order valence-corrected chi connectivity index (χ4v) is 2.53. The standard InChI is InChI=1S/C13H18N2/c1-8-5-9(2)13-10(3)12(7-14)15(4)11(13)6-8/h5-6H,7,14H2,1-4H3. The van der Waals surface area contributed by atoms with E-state index < -0.39 is 0 Å². The molecule has 0 aliphatic carbocycles. The molecule has 2 aromatic rings. The van der Waals surface area contributed by atoms with Crippen LogP contribution in [0.15, 0.2) is 12.1 Å². The van der Waals surface area contributed by atoms with Crippen molar-refractivity contribution in [1.82, 2.24) is 4.57 Å². The largest absolute Gasteiger partial charge is 0.346 e. The van der Waals surface area contributed by atoms with Gasteiger partial charge in [0, 0.05) is 30.2 Å². The monoisotopic (exact) mass is 202 g/mol. The lowest BCUT2D eigenvalue weighted by Gasteiger charge is -2.02. The normalized spacial score (nSPS) is 11.3. The van der Waals surface area contributed by atoms with Crippen LogP contribution in [0.4, 0.5) is 0 Å². The topological polar surface area (TPSA) is 30.9 Å². The maximum Gasteiger partial charge on any atom is 0.0488 e. The maximum atomic E-state index is 5.78. The highest BCUT2D eigenvalue weighted by molar-refractivity contribution is 5.89. The van der Waals surface area contributed by atoms with Crippen LogP contribution < -0.4 is 5.73 Å². The van der Waals surface area contributed by atoms with Crippen molar-refractivity contribution >= 4 is 10.9 Å². The third-order valence-corrected chi connectivity index (χ3v) is 3.23. The number of nitrogens with two attached hydrogens (primary N) is 1. The quantitative estimate of drug-likeness (QED) is 0.757. The van der Waals surface area contributed by atoms with Crippen molar-refractivity contribution in [2.75, 3.05) is 0 Å². The van der Waals surface area contributed by atoms with E-state index in [2.05, 4.69) is 44.5 Å². The maximum absolute atomic E-state index is 5.78. The fourth-order valence-electron chi connectivity index (χ4n) is 2.53. The number of aromatic nitrogens is 1. The molecule has 0 bridgehead atoms. The summed E-state index contributed by atoms with van der Waals surface area (Å²) in [6, 6.07) is 4.46. The molecule has 0 atom stereocenters. The van der Waals surface area contributed by atoms with Gasteiger partial charge in [0.25, 0.3) is 0 Å². The minimum absolute atomic E-state index is 0.607. The molecule has 1 aromatic carbocycles. The highest BCUT2D eigenvalue weighted by atomic mass is 15.0. The molecule has 0 radical (unpaired) electrons. The molecule has 80 valence electrons. The minimum atomic E-state index is 0.607. The first-order valence-electron chi connectivity index (χ1n) is 5.31. The van der Waals surface area contributed by atoms with Crippen molar-refractivity contribution < 1.29 is 0 Å². The molecule has 1 aromatic heterocycles. The molecule has 0 unspecified atom stereocenters. The molecule has 0 aliphatic rings. The summed E-state index contributed by atoms with van der Waals surface area (Å²) in [5, 5.41) is 1.36. The van der Waals surface area contributed by atoms with Crippen LogP contribution in [0.1, 0.15) is 22.4 Å². The Kier molecular flexibility index (Phi) is 2.31. The predicted molar refractivity (Wildman–Crippen MR) is 65.0 cm³/mol. The van der Waals surface area contributed by atoms with Gasteiger partial charge < -0.3 is 10.3 Å². The number of hydrogen-bond donors (Lipinski definition) is 1. The van der Waals surface area contributed by atoms with Gasteiger partial charge in [-0.15, -0.1) is 0 Å². The summed E-state index contributed by atoms with van der Waals surface area (Å²) < 4.78 is 2.21. The van der Waals surface area contributed by atoms with Crippen LogP contribution in [-0.2, 0) is 13.6 Å². The second-order valence-corrected chi connectivity index (χ2v) is 4.31. The molecule has 2 heteroatoms. The first-order chi connectivity index (χ1) is 7.06. The lowest BCUT2D eigenvalue weighted by atomic mass is 10.0. The van der Waals surface area contributed by atoms with Crippen LogP contribution >= 0.6 is 0 Å². The van der Waals surface area contributed by atoms with Crippen LogP contribution in [0.25, 0.3) is 10.9 Å². The summed E-state index contributed by atoms with van der Waals surface area (Å²) in [5.74, 6) is 0. The summed E-state index contributed by atoms with van der Waals surface area (Å²) in [7, 11) is 2.09. The van der Waals surface area contributed by atoms with Gasteiger partial charge in [0.05, 0.1) is 0 Å². The molecule has 0 aliphatic heterocycles. The van der Waals surface area contributed by atoms with Gasteiger partial charge in [-0.1, -0.05) is 6.07 Å². The van der Waals surface area contributed by atoms with E-state index in [1.54, 1.807) is 0 Å². The first kappa shape index (κ1) is 10.2. The van der Waals surface area contributed by atoms with Crippen LogP contribution in [0, 0.1) is 20.8 Å². The third-order valence-electron chi connectivity index (χ3n) is 3.23. The summed E-state index contributed by atoms with van der Waals surface area (Å²) >= 11 is 0. The Bertz CT molecular complexity index is 521. The Morgan fingerprint density at radius 2 is 1.87 bits per heavy atom. The SMILES string of the molecule is Cc1cc(C)c2c(C)c(CN)n(C)c2c1. The highest BCUT2D eigenvalue weighted by Gasteiger charge is 2.12. The van der Waals surface area contributed by atoms with E-state index in [1.807, 2.05) is 0 Å². The van der Waals surface area contributed by atoms with Crippen LogP contribution in [0.2, 0.25) is 0 Å². The second-order valence-electron chi connectivity index (χ2n) is 4.31. The van der Waals surface area contributed by atoms with Crippen molar-refractivity contribution in [1.29, 1.82) is 0 Å². The van der Waals surface area contributed by atoms with E-state index >= 15 is 0 Å². The number of benzene rings is 1. The smallest absolute Gasteiger partial charge is 0.0488 e. The summed E-state index contributed by atoms with van der Waals surface area (Å²) in [6.07, 6.45) is 0. The number of fused-ring (bicyclic) bond motifs is 1. The lowest BCUT2D eigenvalue weighted by Crippen LogP contribution is -2.04. The Balaban J connectivity index is 2.95. The Hall–Kier alpha value is -1.28. The molecule has 2 N–H and O–H groups in total. The lowest BCUT2D eigenvalue weighted by molar-refractivity contribution is 0.840. The van der Waals surface area contributed by atoms with Gasteiger partial charge in [-0.3, -0.25) is 0 Å². The van der Waals surface area contributed by atoms with Crippen LogP contribution in [0.3, 0.4) is 0 Å². The molecular weight excluding hydrogens is 184 g/mol. The molecule has 0 spiro atoms. The molecule has 0 fully saturated rings. The van der Waals surface area contributed by atoms with E-state index in [0.29, 0.717) is 6.54 Å². The van der Waals surface area contributed by atoms with E-state index in [0.717, 1.165) is 0 Å². The molecule has 2 rings (SSSR count).